The quantitative estimate of drug-likeness (QED) is 0.903. The first-order chi connectivity index (χ1) is 11.2. The number of rotatable bonds is 4. The van der Waals surface area contributed by atoms with E-state index in [9.17, 15) is 5.11 Å². The first kappa shape index (κ1) is 15.8. The van der Waals surface area contributed by atoms with E-state index in [-0.39, 0.29) is 5.92 Å². The molecule has 2 atom stereocenters. The Bertz CT molecular complexity index is 662. The Morgan fingerprint density at radius 2 is 2.22 bits per heavy atom. The van der Waals surface area contributed by atoms with Gasteiger partial charge in [0.1, 0.15) is 11.6 Å². The fraction of sp³-hybridized carbons (Fsp3) is 0.389. The topological polar surface area (TPSA) is 71.6 Å². The fourth-order valence-corrected chi connectivity index (χ4v) is 3.23. The van der Waals surface area contributed by atoms with E-state index in [4.69, 9.17) is 10.5 Å². The molecule has 0 spiro atoms. The highest BCUT2D eigenvalue weighted by molar-refractivity contribution is 5.38. The van der Waals surface area contributed by atoms with E-state index in [1.54, 1.807) is 13.3 Å². The number of aromatic nitrogens is 1. The number of nitrogens with two attached hydrogens (primary N) is 1. The van der Waals surface area contributed by atoms with Crippen LogP contribution < -0.4 is 10.5 Å². The summed E-state index contributed by atoms with van der Waals surface area (Å²) in [5.41, 5.74) is 8.06. The SMILES string of the molecule is COc1cccc([C@@H]2CCN(Cc3cccnc3N)C[C@H]2O)c1. The maximum absolute atomic E-state index is 10.6. The number of aliphatic hydroxyl groups is 1. The summed E-state index contributed by atoms with van der Waals surface area (Å²) in [4.78, 5) is 6.35. The van der Waals surface area contributed by atoms with E-state index in [1.807, 2.05) is 30.3 Å². The molecule has 1 aliphatic heterocycles. The Balaban J connectivity index is 1.66. The van der Waals surface area contributed by atoms with E-state index >= 15 is 0 Å². The largest absolute Gasteiger partial charge is 0.497 e. The Hall–Kier alpha value is -2.11. The number of nitrogens with zero attached hydrogens (tertiary/aromatic N) is 2. The Kier molecular flexibility index (Phi) is 4.79. The molecule has 1 fully saturated rings. The third-order valence-corrected chi connectivity index (χ3v) is 4.51. The molecule has 0 bridgehead atoms. The maximum Gasteiger partial charge on any atom is 0.127 e. The van der Waals surface area contributed by atoms with Crippen molar-refractivity contribution in [2.45, 2.75) is 25.0 Å². The summed E-state index contributed by atoms with van der Waals surface area (Å²) in [6.45, 7) is 2.28. The van der Waals surface area contributed by atoms with Gasteiger partial charge >= 0.3 is 0 Å². The minimum Gasteiger partial charge on any atom is -0.497 e. The van der Waals surface area contributed by atoms with Crippen LogP contribution in [0.25, 0.3) is 0 Å². The number of nitrogen functional groups attached to an aromatic ring is 1. The molecule has 5 nitrogen and oxygen atoms in total. The highest BCUT2D eigenvalue weighted by Crippen LogP contribution is 2.31. The predicted octanol–water partition coefficient (Wildman–Crippen LogP) is 2.02. The molecule has 2 heterocycles. The molecule has 23 heavy (non-hydrogen) atoms. The van der Waals surface area contributed by atoms with Crippen LogP contribution in [0.2, 0.25) is 0 Å². The fourth-order valence-electron chi connectivity index (χ4n) is 3.23. The van der Waals surface area contributed by atoms with Gasteiger partial charge in [0, 0.05) is 30.8 Å². The number of benzene rings is 1. The Morgan fingerprint density at radius 1 is 1.35 bits per heavy atom. The molecule has 122 valence electrons. The van der Waals surface area contributed by atoms with Gasteiger partial charge in [-0.3, -0.25) is 4.90 Å². The molecular formula is C18H23N3O2. The van der Waals surface area contributed by atoms with Gasteiger partial charge in [-0.25, -0.2) is 4.98 Å². The number of β-amino-alcohol motifs (C(OH)–C–C–N with tert-alkyl or cyclic N) is 1. The van der Waals surface area contributed by atoms with Crippen molar-refractivity contribution >= 4 is 5.82 Å². The van der Waals surface area contributed by atoms with Gasteiger partial charge in [0.05, 0.1) is 13.2 Å². The number of hydrogen-bond acceptors (Lipinski definition) is 5. The van der Waals surface area contributed by atoms with Crippen molar-refractivity contribution in [3.63, 3.8) is 0 Å². The Labute approximate surface area is 136 Å². The van der Waals surface area contributed by atoms with Crippen LogP contribution in [-0.2, 0) is 6.54 Å². The molecule has 1 saturated heterocycles. The van der Waals surface area contributed by atoms with Gasteiger partial charge in [-0.05, 0) is 36.7 Å². The summed E-state index contributed by atoms with van der Waals surface area (Å²) in [5.74, 6) is 1.55. The Morgan fingerprint density at radius 3 is 2.96 bits per heavy atom. The third-order valence-electron chi connectivity index (χ3n) is 4.51. The van der Waals surface area contributed by atoms with Crippen molar-refractivity contribution in [2.75, 3.05) is 25.9 Å². The average Bonchev–Trinajstić information content (AvgIpc) is 2.57. The van der Waals surface area contributed by atoms with E-state index in [2.05, 4.69) is 16.0 Å². The van der Waals surface area contributed by atoms with Gasteiger partial charge in [-0.15, -0.1) is 0 Å². The molecule has 2 aromatic rings. The van der Waals surface area contributed by atoms with Crippen LogP contribution in [0.4, 0.5) is 5.82 Å². The first-order valence-corrected chi connectivity index (χ1v) is 7.91. The molecule has 1 aliphatic rings. The molecule has 0 aliphatic carbocycles. The molecule has 0 radical (unpaired) electrons. The number of hydrogen-bond donors (Lipinski definition) is 2. The van der Waals surface area contributed by atoms with Gasteiger partial charge < -0.3 is 15.6 Å². The molecule has 0 amide bonds. The number of methoxy groups -OCH3 is 1. The molecule has 1 aromatic carbocycles. The second-order valence-corrected chi connectivity index (χ2v) is 6.02. The minimum absolute atomic E-state index is 0.146. The molecule has 1 aromatic heterocycles. The molecule has 0 unspecified atom stereocenters. The zero-order valence-corrected chi connectivity index (χ0v) is 13.4. The van der Waals surface area contributed by atoms with Crippen LogP contribution >= 0.6 is 0 Å². The number of piperidine rings is 1. The lowest BCUT2D eigenvalue weighted by Crippen LogP contribution is -2.42. The van der Waals surface area contributed by atoms with Crippen molar-refractivity contribution in [1.82, 2.24) is 9.88 Å². The molecular weight excluding hydrogens is 290 g/mol. The summed E-state index contributed by atoms with van der Waals surface area (Å²) in [6, 6.07) is 11.9. The predicted molar refractivity (Wildman–Crippen MR) is 90.3 cm³/mol. The van der Waals surface area contributed by atoms with E-state index < -0.39 is 6.10 Å². The summed E-state index contributed by atoms with van der Waals surface area (Å²) in [6.07, 6.45) is 2.21. The molecule has 3 N–H and O–H groups in total. The van der Waals surface area contributed by atoms with Gasteiger partial charge in [0.25, 0.3) is 0 Å². The highest BCUT2D eigenvalue weighted by Gasteiger charge is 2.29. The lowest BCUT2D eigenvalue weighted by atomic mass is 9.87. The average molecular weight is 313 g/mol. The number of likely N-dealkylation sites (tertiary alicyclic amines) is 1. The van der Waals surface area contributed by atoms with Crippen LogP contribution in [0.15, 0.2) is 42.6 Å². The van der Waals surface area contributed by atoms with Crippen LogP contribution in [0.3, 0.4) is 0 Å². The molecule has 0 saturated carbocycles. The summed E-state index contributed by atoms with van der Waals surface area (Å²) < 4.78 is 5.28. The summed E-state index contributed by atoms with van der Waals surface area (Å²) in [7, 11) is 1.66. The van der Waals surface area contributed by atoms with Crippen molar-refractivity contribution in [3.05, 3.63) is 53.7 Å². The molecule has 5 heteroatoms. The van der Waals surface area contributed by atoms with E-state index in [0.717, 1.165) is 36.4 Å². The third kappa shape index (κ3) is 3.63. The standard InChI is InChI=1S/C18H23N3O2/c1-23-15-6-2-4-13(10-15)16-7-9-21(12-17(16)22)11-14-5-3-8-20-18(14)19/h2-6,8,10,16-17,22H,7,9,11-12H2,1H3,(H2,19,20)/t16-,17+/m0/s1. The first-order valence-electron chi connectivity index (χ1n) is 7.91. The lowest BCUT2D eigenvalue weighted by Gasteiger charge is -2.36. The van der Waals surface area contributed by atoms with Crippen LogP contribution in [0.1, 0.15) is 23.5 Å². The normalized spacial score (nSPS) is 22.0. The van der Waals surface area contributed by atoms with Gasteiger partial charge in [-0.1, -0.05) is 18.2 Å². The second kappa shape index (κ2) is 6.98. The van der Waals surface area contributed by atoms with Crippen molar-refractivity contribution in [2.24, 2.45) is 0 Å². The van der Waals surface area contributed by atoms with Crippen LogP contribution in [0.5, 0.6) is 5.75 Å². The van der Waals surface area contributed by atoms with Gasteiger partial charge in [0.2, 0.25) is 0 Å². The lowest BCUT2D eigenvalue weighted by molar-refractivity contribution is 0.0477. The number of aliphatic hydroxyl groups excluding tert-OH is 1. The zero-order valence-electron chi connectivity index (χ0n) is 13.4. The highest BCUT2D eigenvalue weighted by atomic mass is 16.5. The maximum atomic E-state index is 10.6. The van der Waals surface area contributed by atoms with E-state index in [0.29, 0.717) is 12.4 Å². The number of pyridine rings is 1. The number of ether oxygens (including phenoxy) is 1. The number of anilines is 1. The monoisotopic (exact) mass is 313 g/mol. The van der Waals surface area contributed by atoms with Crippen molar-refractivity contribution in [1.29, 1.82) is 0 Å². The van der Waals surface area contributed by atoms with Gasteiger partial charge in [0.15, 0.2) is 0 Å². The van der Waals surface area contributed by atoms with Crippen LogP contribution in [-0.4, -0.2) is 41.3 Å². The zero-order chi connectivity index (χ0) is 16.2. The van der Waals surface area contributed by atoms with Crippen molar-refractivity contribution in [3.8, 4) is 5.75 Å². The van der Waals surface area contributed by atoms with Gasteiger partial charge in [-0.2, -0.15) is 0 Å². The van der Waals surface area contributed by atoms with E-state index in [1.165, 1.54) is 0 Å². The van der Waals surface area contributed by atoms with Crippen LogP contribution in [0, 0.1) is 0 Å². The molecule has 3 rings (SSSR count). The smallest absolute Gasteiger partial charge is 0.127 e. The summed E-state index contributed by atoms with van der Waals surface area (Å²) >= 11 is 0. The minimum atomic E-state index is -0.395. The summed E-state index contributed by atoms with van der Waals surface area (Å²) in [5, 5.41) is 10.6. The second-order valence-electron chi connectivity index (χ2n) is 6.02. The van der Waals surface area contributed by atoms with Crippen molar-refractivity contribution < 1.29 is 9.84 Å².